The number of aryl methyl sites for hydroxylation is 1. The van der Waals surface area contributed by atoms with Gasteiger partial charge in [0.25, 0.3) is 0 Å². The second-order valence-electron chi connectivity index (χ2n) is 6.71. The minimum absolute atomic E-state index is 0.197. The van der Waals surface area contributed by atoms with Crippen molar-refractivity contribution in [1.29, 1.82) is 0 Å². The Morgan fingerprint density at radius 3 is 2.67 bits per heavy atom. The van der Waals surface area contributed by atoms with Crippen molar-refractivity contribution in [3.05, 3.63) is 29.3 Å². The summed E-state index contributed by atoms with van der Waals surface area (Å²) in [6.45, 7) is 5.08. The zero-order valence-electron chi connectivity index (χ0n) is 12.8. The molecule has 0 unspecified atom stereocenters. The topological polar surface area (TPSA) is 17.8 Å². The van der Waals surface area contributed by atoms with Crippen molar-refractivity contribution in [2.75, 3.05) is 0 Å². The number of aromatic nitrogens is 2. The molecule has 4 heteroatoms. The first kappa shape index (κ1) is 14.8. The van der Waals surface area contributed by atoms with E-state index < -0.39 is 0 Å². The standard InChI is InChI=1S/C17H22ClFN2/c1-12-8-15-14(9-13(12)19)20-16(10-18)21(15)11-17(2)6-4-3-5-7-17/h8-9H,3-7,10-11H2,1-2H3. The third-order valence-corrected chi connectivity index (χ3v) is 5.07. The Hall–Kier alpha value is -1.09. The van der Waals surface area contributed by atoms with E-state index in [9.17, 15) is 4.39 Å². The van der Waals surface area contributed by atoms with Crippen LogP contribution >= 0.6 is 11.6 Å². The van der Waals surface area contributed by atoms with Crippen LogP contribution in [0.15, 0.2) is 12.1 Å². The second-order valence-corrected chi connectivity index (χ2v) is 6.98. The number of imidazole rings is 1. The Balaban J connectivity index is 2.05. The van der Waals surface area contributed by atoms with Crippen LogP contribution in [0, 0.1) is 18.2 Å². The van der Waals surface area contributed by atoms with E-state index in [2.05, 4.69) is 16.5 Å². The summed E-state index contributed by atoms with van der Waals surface area (Å²) in [4.78, 5) is 4.52. The van der Waals surface area contributed by atoms with Gasteiger partial charge in [-0.25, -0.2) is 9.37 Å². The Kier molecular flexibility index (Phi) is 3.96. The molecule has 0 bridgehead atoms. The Labute approximate surface area is 130 Å². The number of nitrogens with zero attached hydrogens (tertiary/aromatic N) is 2. The van der Waals surface area contributed by atoms with Crippen molar-refractivity contribution >= 4 is 22.6 Å². The molecule has 0 radical (unpaired) electrons. The molecule has 0 spiro atoms. The van der Waals surface area contributed by atoms with Crippen LogP contribution in [0.25, 0.3) is 11.0 Å². The van der Waals surface area contributed by atoms with Gasteiger partial charge in [0, 0.05) is 12.6 Å². The Bertz CT molecular complexity index is 656. The van der Waals surface area contributed by atoms with Crippen molar-refractivity contribution in [3.63, 3.8) is 0 Å². The lowest BCUT2D eigenvalue weighted by molar-refractivity contribution is 0.184. The van der Waals surface area contributed by atoms with Gasteiger partial charge in [0.15, 0.2) is 0 Å². The Morgan fingerprint density at radius 2 is 2.00 bits per heavy atom. The lowest BCUT2D eigenvalue weighted by atomic mass is 9.75. The molecule has 1 aromatic heterocycles. The van der Waals surface area contributed by atoms with E-state index in [1.54, 1.807) is 6.92 Å². The minimum atomic E-state index is -0.197. The molecule has 1 saturated carbocycles. The molecule has 2 aromatic rings. The summed E-state index contributed by atoms with van der Waals surface area (Å²) in [6, 6.07) is 3.43. The number of benzene rings is 1. The molecular weight excluding hydrogens is 287 g/mol. The monoisotopic (exact) mass is 308 g/mol. The van der Waals surface area contributed by atoms with E-state index in [1.807, 2.05) is 6.07 Å². The molecule has 1 fully saturated rings. The van der Waals surface area contributed by atoms with Gasteiger partial charge < -0.3 is 4.57 Å². The average molecular weight is 309 g/mol. The van der Waals surface area contributed by atoms with Gasteiger partial charge in [-0.2, -0.15) is 0 Å². The summed E-state index contributed by atoms with van der Waals surface area (Å²) in [6.07, 6.45) is 6.43. The summed E-state index contributed by atoms with van der Waals surface area (Å²) in [7, 11) is 0. The lowest BCUT2D eigenvalue weighted by Gasteiger charge is -2.34. The number of alkyl halides is 1. The van der Waals surface area contributed by atoms with Crippen LogP contribution in [0.1, 0.15) is 50.4 Å². The number of halogens is 2. The maximum absolute atomic E-state index is 13.7. The SMILES string of the molecule is Cc1cc2c(cc1F)nc(CCl)n2CC1(C)CCCCC1. The van der Waals surface area contributed by atoms with Crippen LogP contribution in [0.3, 0.4) is 0 Å². The van der Waals surface area contributed by atoms with Crippen molar-refractivity contribution in [3.8, 4) is 0 Å². The van der Waals surface area contributed by atoms with Crippen molar-refractivity contribution < 1.29 is 4.39 Å². The lowest BCUT2D eigenvalue weighted by Crippen LogP contribution is -2.26. The van der Waals surface area contributed by atoms with Crippen LogP contribution in [-0.4, -0.2) is 9.55 Å². The largest absolute Gasteiger partial charge is 0.326 e. The van der Waals surface area contributed by atoms with Gasteiger partial charge in [-0.1, -0.05) is 26.2 Å². The summed E-state index contributed by atoms with van der Waals surface area (Å²) in [5.74, 6) is 1.02. The fourth-order valence-electron chi connectivity index (χ4n) is 3.52. The van der Waals surface area contributed by atoms with Crippen LogP contribution < -0.4 is 0 Å². The third-order valence-electron chi connectivity index (χ3n) is 4.83. The summed E-state index contributed by atoms with van der Waals surface area (Å²) < 4.78 is 16.0. The summed E-state index contributed by atoms with van der Waals surface area (Å²) in [5, 5.41) is 0. The van der Waals surface area contributed by atoms with E-state index in [4.69, 9.17) is 11.6 Å². The van der Waals surface area contributed by atoms with Gasteiger partial charge in [0.2, 0.25) is 0 Å². The normalized spacial score (nSPS) is 18.3. The molecule has 21 heavy (non-hydrogen) atoms. The van der Waals surface area contributed by atoms with Crippen LogP contribution in [0.5, 0.6) is 0 Å². The predicted octanol–water partition coefficient (Wildman–Crippen LogP) is 5.19. The highest BCUT2D eigenvalue weighted by Crippen LogP contribution is 2.38. The fourth-order valence-corrected chi connectivity index (χ4v) is 3.73. The molecule has 0 N–H and O–H groups in total. The summed E-state index contributed by atoms with van der Waals surface area (Å²) >= 11 is 6.07. The first-order chi connectivity index (χ1) is 10.0. The third kappa shape index (κ3) is 2.80. The van der Waals surface area contributed by atoms with Crippen molar-refractivity contribution in [2.45, 2.75) is 58.4 Å². The maximum atomic E-state index is 13.7. The first-order valence-corrected chi connectivity index (χ1v) is 8.27. The van der Waals surface area contributed by atoms with Crippen molar-refractivity contribution in [1.82, 2.24) is 9.55 Å². The van der Waals surface area contributed by atoms with Gasteiger partial charge in [-0.3, -0.25) is 0 Å². The van der Waals surface area contributed by atoms with Crippen molar-refractivity contribution in [2.24, 2.45) is 5.41 Å². The van der Waals surface area contributed by atoms with E-state index in [0.717, 1.165) is 17.9 Å². The molecule has 0 amide bonds. The number of fused-ring (bicyclic) bond motifs is 1. The fraction of sp³-hybridized carbons (Fsp3) is 0.588. The van der Waals surface area contributed by atoms with Crippen LogP contribution in [0.2, 0.25) is 0 Å². The predicted molar refractivity (Wildman–Crippen MR) is 85.2 cm³/mol. The molecule has 1 aliphatic rings. The second kappa shape index (κ2) is 5.60. The molecule has 1 aromatic carbocycles. The van der Waals surface area contributed by atoms with E-state index in [-0.39, 0.29) is 5.82 Å². The minimum Gasteiger partial charge on any atom is -0.326 e. The molecule has 0 aliphatic heterocycles. The Morgan fingerprint density at radius 1 is 1.29 bits per heavy atom. The highest BCUT2D eigenvalue weighted by molar-refractivity contribution is 6.16. The molecule has 1 heterocycles. The molecule has 0 atom stereocenters. The quantitative estimate of drug-likeness (QED) is 0.713. The molecule has 2 nitrogen and oxygen atoms in total. The van der Waals surface area contributed by atoms with Crippen LogP contribution in [-0.2, 0) is 12.4 Å². The highest BCUT2D eigenvalue weighted by atomic mass is 35.5. The summed E-state index contributed by atoms with van der Waals surface area (Å²) in [5.41, 5.74) is 2.69. The van der Waals surface area contributed by atoms with Gasteiger partial charge in [0.1, 0.15) is 11.6 Å². The first-order valence-electron chi connectivity index (χ1n) is 7.74. The molecule has 3 rings (SSSR count). The number of rotatable bonds is 3. The van der Waals surface area contributed by atoms with Gasteiger partial charge >= 0.3 is 0 Å². The van der Waals surface area contributed by atoms with Gasteiger partial charge in [0.05, 0.1) is 16.9 Å². The zero-order valence-corrected chi connectivity index (χ0v) is 13.5. The van der Waals surface area contributed by atoms with E-state index in [0.29, 0.717) is 22.4 Å². The van der Waals surface area contributed by atoms with E-state index in [1.165, 1.54) is 38.2 Å². The maximum Gasteiger partial charge on any atom is 0.128 e. The zero-order chi connectivity index (χ0) is 15.0. The van der Waals surface area contributed by atoms with Gasteiger partial charge in [-0.15, -0.1) is 11.6 Å². The molecule has 0 saturated heterocycles. The molecule has 1 aliphatic carbocycles. The average Bonchev–Trinajstić information content (AvgIpc) is 2.77. The number of hydrogen-bond acceptors (Lipinski definition) is 1. The van der Waals surface area contributed by atoms with E-state index >= 15 is 0 Å². The smallest absolute Gasteiger partial charge is 0.128 e. The molecular formula is C17H22ClFN2. The van der Waals surface area contributed by atoms with Crippen LogP contribution in [0.4, 0.5) is 4.39 Å². The molecule has 114 valence electrons. The van der Waals surface area contributed by atoms with Gasteiger partial charge in [-0.05, 0) is 36.8 Å². The number of hydrogen-bond donors (Lipinski definition) is 0. The highest BCUT2D eigenvalue weighted by Gasteiger charge is 2.29.